The smallest absolute Gasteiger partial charge is 0.397 e. The third kappa shape index (κ3) is 2.45. The maximum Gasteiger partial charge on any atom is 0.397 e. The van der Waals surface area contributed by atoms with Crippen LogP contribution in [0.1, 0.15) is 11.3 Å². The topological polar surface area (TPSA) is 72.5 Å². The van der Waals surface area contributed by atoms with Gasteiger partial charge in [0.15, 0.2) is 0 Å². The van der Waals surface area contributed by atoms with Crippen LogP contribution < -0.4 is 5.73 Å². The molecular weight excluding hydrogens is 201 g/mol. The zero-order valence-electron chi connectivity index (χ0n) is 7.54. The molecule has 4 nitrogen and oxygen atoms in total. The first-order valence-electron chi connectivity index (χ1n) is 4.00. The van der Waals surface area contributed by atoms with Gasteiger partial charge < -0.3 is 15.2 Å². The van der Waals surface area contributed by atoms with Crippen LogP contribution >= 0.6 is 7.60 Å². The summed E-state index contributed by atoms with van der Waals surface area (Å²) in [5.41, 5.74) is 6.13. The second-order valence-corrected chi connectivity index (χ2v) is 4.59. The molecule has 0 saturated carbocycles. The van der Waals surface area contributed by atoms with Crippen LogP contribution in [0.4, 0.5) is 0 Å². The molecule has 0 heterocycles. The molecule has 1 aromatic rings. The molecular formula is C9H12NO3P. The fourth-order valence-corrected chi connectivity index (χ4v) is 1.90. The molecule has 2 unspecified atom stereocenters. The standard InChI is InChI=1S/C9H12NO3P/c1-2-13-14(11,12)9(10)8-6-4-3-5-7-8/h2-7,9H,1,10H2,(H,11,12). The van der Waals surface area contributed by atoms with E-state index >= 15 is 0 Å². The Labute approximate surface area is 82.5 Å². The van der Waals surface area contributed by atoms with Crippen molar-refractivity contribution in [3.8, 4) is 0 Å². The molecule has 0 aliphatic rings. The van der Waals surface area contributed by atoms with Gasteiger partial charge in [-0.1, -0.05) is 36.9 Å². The number of nitrogens with two attached hydrogens (primary N) is 1. The second kappa shape index (κ2) is 4.42. The molecule has 0 saturated heterocycles. The van der Waals surface area contributed by atoms with E-state index in [9.17, 15) is 9.46 Å². The Kier molecular flexibility index (Phi) is 3.47. The van der Waals surface area contributed by atoms with E-state index in [0.717, 1.165) is 6.26 Å². The van der Waals surface area contributed by atoms with Crippen LogP contribution in [0.2, 0.25) is 0 Å². The lowest BCUT2D eigenvalue weighted by molar-refractivity contribution is 0.336. The zero-order valence-corrected chi connectivity index (χ0v) is 8.43. The molecule has 0 radical (unpaired) electrons. The highest BCUT2D eigenvalue weighted by atomic mass is 31.2. The third-order valence-electron chi connectivity index (χ3n) is 1.72. The second-order valence-electron chi connectivity index (χ2n) is 2.69. The lowest BCUT2D eigenvalue weighted by Gasteiger charge is -2.17. The van der Waals surface area contributed by atoms with E-state index < -0.39 is 13.4 Å². The molecule has 1 rings (SSSR count). The fourth-order valence-electron chi connectivity index (χ4n) is 1.01. The van der Waals surface area contributed by atoms with Gasteiger partial charge in [-0.05, 0) is 5.56 Å². The predicted molar refractivity (Wildman–Crippen MR) is 54.5 cm³/mol. The van der Waals surface area contributed by atoms with Crippen molar-refractivity contribution in [3.63, 3.8) is 0 Å². The van der Waals surface area contributed by atoms with Crippen molar-refractivity contribution in [1.29, 1.82) is 0 Å². The van der Waals surface area contributed by atoms with Gasteiger partial charge >= 0.3 is 7.60 Å². The average molecular weight is 213 g/mol. The Bertz CT molecular complexity index is 352. The van der Waals surface area contributed by atoms with Crippen LogP contribution in [0.5, 0.6) is 0 Å². The summed E-state index contributed by atoms with van der Waals surface area (Å²) in [6.07, 6.45) is 0.920. The van der Waals surface area contributed by atoms with E-state index in [1.807, 2.05) is 0 Å². The van der Waals surface area contributed by atoms with Crippen LogP contribution in [0, 0.1) is 0 Å². The van der Waals surface area contributed by atoms with Gasteiger partial charge in [0.2, 0.25) is 0 Å². The van der Waals surface area contributed by atoms with Crippen LogP contribution in [0.15, 0.2) is 43.2 Å². The third-order valence-corrected chi connectivity index (χ3v) is 3.17. The summed E-state index contributed by atoms with van der Waals surface area (Å²) < 4.78 is 15.9. The predicted octanol–water partition coefficient (Wildman–Crippen LogP) is 1.99. The first-order valence-corrected chi connectivity index (χ1v) is 5.65. The summed E-state index contributed by atoms with van der Waals surface area (Å²) in [5, 5.41) is 0. The number of rotatable bonds is 4. The van der Waals surface area contributed by atoms with E-state index in [1.54, 1.807) is 30.3 Å². The van der Waals surface area contributed by atoms with Crippen molar-refractivity contribution in [2.75, 3.05) is 0 Å². The van der Waals surface area contributed by atoms with Gasteiger partial charge in [0.25, 0.3) is 0 Å². The van der Waals surface area contributed by atoms with E-state index in [1.165, 1.54) is 0 Å². The van der Waals surface area contributed by atoms with Crippen LogP contribution in [0.3, 0.4) is 0 Å². The highest BCUT2D eigenvalue weighted by molar-refractivity contribution is 7.53. The Morgan fingerprint density at radius 2 is 2.07 bits per heavy atom. The van der Waals surface area contributed by atoms with Gasteiger partial charge in [-0.15, -0.1) is 0 Å². The minimum absolute atomic E-state index is 0.556. The summed E-state index contributed by atoms with van der Waals surface area (Å²) >= 11 is 0. The molecule has 14 heavy (non-hydrogen) atoms. The molecule has 2 atom stereocenters. The van der Waals surface area contributed by atoms with Gasteiger partial charge in [0, 0.05) is 0 Å². The van der Waals surface area contributed by atoms with E-state index in [4.69, 9.17) is 5.73 Å². The highest BCUT2D eigenvalue weighted by Crippen LogP contribution is 2.53. The van der Waals surface area contributed by atoms with Crippen LogP contribution in [-0.4, -0.2) is 4.89 Å². The van der Waals surface area contributed by atoms with Gasteiger partial charge in [-0.2, -0.15) is 0 Å². The van der Waals surface area contributed by atoms with Gasteiger partial charge in [-0.25, -0.2) is 4.57 Å². The van der Waals surface area contributed by atoms with Crippen LogP contribution in [-0.2, 0) is 9.09 Å². The first-order chi connectivity index (χ1) is 6.58. The molecule has 76 valence electrons. The molecule has 0 amide bonds. The Morgan fingerprint density at radius 3 is 2.57 bits per heavy atom. The minimum Gasteiger partial charge on any atom is -0.432 e. The summed E-state index contributed by atoms with van der Waals surface area (Å²) in [6.45, 7) is 3.21. The molecule has 0 bridgehead atoms. The van der Waals surface area contributed by atoms with Crippen LogP contribution in [0.25, 0.3) is 0 Å². The normalized spacial score (nSPS) is 16.7. The summed E-state index contributed by atoms with van der Waals surface area (Å²) in [7, 11) is -3.85. The quantitative estimate of drug-likeness (QED) is 0.592. The minimum atomic E-state index is -3.85. The maximum atomic E-state index is 11.5. The lowest BCUT2D eigenvalue weighted by atomic mass is 10.2. The van der Waals surface area contributed by atoms with Crippen molar-refractivity contribution in [2.45, 2.75) is 5.78 Å². The first kappa shape index (κ1) is 11.0. The van der Waals surface area contributed by atoms with Crippen molar-refractivity contribution in [3.05, 3.63) is 48.7 Å². The average Bonchev–Trinajstić information content (AvgIpc) is 2.18. The van der Waals surface area contributed by atoms with Crippen molar-refractivity contribution >= 4 is 7.60 Å². The molecule has 1 aromatic carbocycles. The molecule has 0 spiro atoms. The summed E-state index contributed by atoms with van der Waals surface area (Å²) in [5.74, 6) is -1.04. The van der Waals surface area contributed by atoms with Gasteiger partial charge in [0.05, 0.1) is 6.26 Å². The fraction of sp³-hybridized carbons (Fsp3) is 0.111. The SMILES string of the molecule is C=COP(=O)(O)C(N)c1ccccc1. The molecule has 5 heteroatoms. The summed E-state index contributed by atoms with van der Waals surface area (Å²) in [6, 6.07) is 8.61. The monoisotopic (exact) mass is 213 g/mol. The molecule has 0 fully saturated rings. The Hall–Kier alpha value is -1.09. The highest BCUT2D eigenvalue weighted by Gasteiger charge is 2.30. The van der Waals surface area contributed by atoms with Gasteiger partial charge in [-0.3, -0.25) is 0 Å². The summed E-state index contributed by atoms with van der Waals surface area (Å²) in [4.78, 5) is 9.37. The van der Waals surface area contributed by atoms with E-state index in [-0.39, 0.29) is 0 Å². The Morgan fingerprint density at radius 1 is 1.50 bits per heavy atom. The van der Waals surface area contributed by atoms with Crippen molar-refractivity contribution < 1.29 is 14.0 Å². The number of benzene rings is 1. The van der Waals surface area contributed by atoms with Gasteiger partial charge in [0.1, 0.15) is 5.78 Å². The number of hydrogen-bond acceptors (Lipinski definition) is 3. The molecule has 0 aliphatic heterocycles. The van der Waals surface area contributed by atoms with Crippen molar-refractivity contribution in [1.82, 2.24) is 0 Å². The Balaban J connectivity index is 2.90. The van der Waals surface area contributed by atoms with E-state index in [0.29, 0.717) is 5.56 Å². The molecule has 3 N–H and O–H groups in total. The molecule has 0 aliphatic carbocycles. The van der Waals surface area contributed by atoms with Crippen molar-refractivity contribution in [2.24, 2.45) is 5.73 Å². The molecule has 0 aromatic heterocycles. The lowest BCUT2D eigenvalue weighted by Crippen LogP contribution is -2.11. The maximum absolute atomic E-state index is 11.5. The number of hydrogen-bond donors (Lipinski definition) is 2. The largest absolute Gasteiger partial charge is 0.432 e. The van der Waals surface area contributed by atoms with E-state index in [2.05, 4.69) is 11.1 Å². The zero-order chi connectivity index (χ0) is 10.6.